The Hall–Kier alpha value is -0.900. The molecule has 1 aromatic heterocycles. The molecule has 2 rings (SSSR count). The van der Waals surface area contributed by atoms with E-state index in [-0.39, 0.29) is 6.04 Å². The largest absolute Gasteiger partial charge is 0.339 e. The topological polar surface area (TPSA) is 64.9 Å². The lowest BCUT2D eigenvalue weighted by Gasteiger charge is -2.29. The van der Waals surface area contributed by atoms with Crippen LogP contribution in [-0.2, 0) is 6.42 Å². The summed E-state index contributed by atoms with van der Waals surface area (Å²) in [4.78, 5) is 4.49. The molecule has 1 aliphatic carbocycles. The molecular weight excluding hydrogens is 226 g/mol. The minimum atomic E-state index is 0.0787. The Kier molecular flexibility index (Phi) is 4.38. The lowest BCUT2D eigenvalue weighted by Crippen LogP contribution is -2.19. The number of nitrogens with two attached hydrogens (primary N) is 1. The van der Waals surface area contributed by atoms with Crippen molar-refractivity contribution in [1.29, 1.82) is 0 Å². The highest BCUT2D eigenvalue weighted by atomic mass is 16.5. The maximum Gasteiger partial charge on any atom is 0.228 e. The average molecular weight is 251 g/mol. The molecule has 0 aromatic carbocycles. The molecule has 0 aliphatic heterocycles. The summed E-state index contributed by atoms with van der Waals surface area (Å²) < 4.78 is 5.26. The van der Waals surface area contributed by atoms with Crippen molar-refractivity contribution < 1.29 is 4.52 Å². The van der Waals surface area contributed by atoms with Gasteiger partial charge in [0.1, 0.15) is 0 Å². The Morgan fingerprint density at radius 2 is 1.89 bits per heavy atom. The Balaban J connectivity index is 1.91. The fraction of sp³-hybridized carbons (Fsp3) is 0.857. The molecule has 4 nitrogen and oxygen atoms in total. The third-order valence-corrected chi connectivity index (χ3v) is 4.06. The molecule has 4 heteroatoms. The van der Waals surface area contributed by atoms with E-state index in [9.17, 15) is 0 Å². The van der Waals surface area contributed by atoms with E-state index in [2.05, 4.69) is 24.0 Å². The molecule has 1 heterocycles. The summed E-state index contributed by atoms with van der Waals surface area (Å²) in [7, 11) is 0. The summed E-state index contributed by atoms with van der Waals surface area (Å²) in [6.07, 6.45) is 5.65. The highest BCUT2D eigenvalue weighted by molar-refractivity contribution is 4.98. The third kappa shape index (κ3) is 3.31. The van der Waals surface area contributed by atoms with Gasteiger partial charge in [-0.25, -0.2) is 0 Å². The lowest BCUT2D eigenvalue weighted by atomic mass is 9.77. The summed E-state index contributed by atoms with van der Waals surface area (Å²) in [6.45, 7) is 6.60. The Morgan fingerprint density at radius 1 is 1.22 bits per heavy atom. The summed E-state index contributed by atoms with van der Waals surface area (Å²) >= 11 is 0. The van der Waals surface area contributed by atoms with Gasteiger partial charge in [0.25, 0.3) is 0 Å². The summed E-state index contributed by atoms with van der Waals surface area (Å²) in [6, 6.07) is 0.0787. The molecule has 0 radical (unpaired) electrons. The van der Waals surface area contributed by atoms with Crippen molar-refractivity contribution in [3.05, 3.63) is 11.7 Å². The zero-order chi connectivity index (χ0) is 13.1. The zero-order valence-electron chi connectivity index (χ0n) is 11.7. The molecule has 0 bridgehead atoms. The lowest BCUT2D eigenvalue weighted by molar-refractivity contribution is 0.251. The van der Waals surface area contributed by atoms with E-state index >= 15 is 0 Å². The molecule has 1 atom stereocenters. The van der Waals surface area contributed by atoms with Crippen LogP contribution >= 0.6 is 0 Å². The van der Waals surface area contributed by atoms with Crippen molar-refractivity contribution in [3.8, 4) is 0 Å². The second kappa shape index (κ2) is 5.83. The number of rotatable bonds is 4. The highest BCUT2D eigenvalue weighted by Crippen LogP contribution is 2.37. The number of hydrogen-bond acceptors (Lipinski definition) is 4. The van der Waals surface area contributed by atoms with Crippen LogP contribution < -0.4 is 5.73 Å². The van der Waals surface area contributed by atoms with Gasteiger partial charge in [0.2, 0.25) is 5.89 Å². The minimum absolute atomic E-state index is 0.0787. The third-order valence-electron chi connectivity index (χ3n) is 4.06. The molecule has 18 heavy (non-hydrogen) atoms. The second-order valence-corrected chi connectivity index (χ2v) is 6.08. The maximum absolute atomic E-state index is 5.74. The predicted octanol–water partition coefficient (Wildman–Crippen LogP) is 2.89. The van der Waals surface area contributed by atoms with Gasteiger partial charge in [-0.3, -0.25) is 0 Å². The number of nitrogens with zero attached hydrogens (tertiary/aromatic N) is 2. The second-order valence-electron chi connectivity index (χ2n) is 6.08. The molecule has 1 aromatic rings. The van der Waals surface area contributed by atoms with Crippen molar-refractivity contribution in [2.24, 2.45) is 17.6 Å². The average Bonchev–Trinajstić information content (AvgIpc) is 2.76. The fourth-order valence-electron chi connectivity index (χ4n) is 2.84. The van der Waals surface area contributed by atoms with Crippen LogP contribution in [0.3, 0.4) is 0 Å². The van der Waals surface area contributed by atoms with E-state index in [1.807, 2.05) is 6.92 Å². The van der Waals surface area contributed by atoms with Gasteiger partial charge in [-0.2, -0.15) is 4.98 Å². The van der Waals surface area contributed by atoms with Crippen molar-refractivity contribution >= 4 is 0 Å². The Bertz CT molecular complexity index is 365. The van der Waals surface area contributed by atoms with E-state index in [0.29, 0.717) is 18.2 Å². The molecule has 0 amide bonds. The Labute approximate surface area is 109 Å². The first-order valence-electron chi connectivity index (χ1n) is 7.14. The SMILES string of the molecule is CC(N)Cc1nc(C2CCC(C(C)C)CC2)no1. The molecule has 0 saturated heterocycles. The van der Waals surface area contributed by atoms with Crippen molar-refractivity contribution in [2.75, 3.05) is 0 Å². The van der Waals surface area contributed by atoms with E-state index in [1.54, 1.807) is 0 Å². The quantitative estimate of drug-likeness (QED) is 0.893. The van der Waals surface area contributed by atoms with Crippen molar-refractivity contribution in [2.45, 2.75) is 64.8 Å². The van der Waals surface area contributed by atoms with Crippen molar-refractivity contribution in [1.82, 2.24) is 10.1 Å². The van der Waals surface area contributed by atoms with Crippen LogP contribution in [0.1, 0.15) is 64.1 Å². The van der Waals surface area contributed by atoms with E-state index in [4.69, 9.17) is 10.3 Å². The molecule has 2 N–H and O–H groups in total. The first-order chi connectivity index (χ1) is 8.56. The van der Waals surface area contributed by atoms with Gasteiger partial charge in [0.15, 0.2) is 5.82 Å². The molecule has 1 unspecified atom stereocenters. The summed E-state index contributed by atoms with van der Waals surface area (Å²) in [5, 5.41) is 4.12. The monoisotopic (exact) mass is 251 g/mol. The normalized spacial score (nSPS) is 26.5. The fourth-order valence-corrected chi connectivity index (χ4v) is 2.84. The van der Waals surface area contributed by atoms with Gasteiger partial charge < -0.3 is 10.3 Å². The highest BCUT2D eigenvalue weighted by Gasteiger charge is 2.27. The van der Waals surface area contributed by atoms with Gasteiger partial charge in [-0.15, -0.1) is 0 Å². The van der Waals surface area contributed by atoms with Crippen LogP contribution in [0.5, 0.6) is 0 Å². The smallest absolute Gasteiger partial charge is 0.228 e. The van der Waals surface area contributed by atoms with Gasteiger partial charge in [0, 0.05) is 18.4 Å². The van der Waals surface area contributed by atoms with E-state index < -0.39 is 0 Å². The molecule has 1 aliphatic rings. The van der Waals surface area contributed by atoms with Crippen molar-refractivity contribution in [3.63, 3.8) is 0 Å². The van der Waals surface area contributed by atoms with Gasteiger partial charge in [-0.05, 0) is 44.4 Å². The number of aromatic nitrogens is 2. The standard InChI is InChI=1S/C14H25N3O/c1-9(2)11-4-6-12(7-5-11)14-16-13(18-17-14)8-10(3)15/h9-12H,4-8,15H2,1-3H3. The van der Waals surface area contributed by atoms with E-state index in [0.717, 1.165) is 17.7 Å². The van der Waals surface area contributed by atoms with Gasteiger partial charge in [0.05, 0.1) is 0 Å². The van der Waals surface area contributed by atoms with E-state index in [1.165, 1.54) is 25.7 Å². The van der Waals surface area contributed by atoms with Gasteiger partial charge >= 0.3 is 0 Å². The van der Waals surface area contributed by atoms with Gasteiger partial charge in [-0.1, -0.05) is 19.0 Å². The molecule has 1 fully saturated rings. The minimum Gasteiger partial charge on any atom is -0.339 e. The number of hydrogen-bond donors (Lipinski definition) is 1. The molecule has 0 spiro atoms. The zero-order valence-corrected chi connectivity index (χ0v) is 11.7. The molecule has 102 valence electrons. The predicted molar refractivity (Wildman–Crippen MR) is 71.2 cm³/mol. The summed E-state index contributed by atoms with van der Waals surface area (Å²) in [5.41, 5.74) is 5.74. The first kappa shape index (κ1) is 13.5. The molecular formula is C14H25N3O. The van der Waals surface area contributed by atoms with Crippen LogP contribution in [0.25, 0.3) is 0 Å². The maximum atomic E-state index is 5.74. The molecule has 1 saturated carbocycles. The summed E-state index contributed by atoms with van der Waals surface area (Å²) in [5.74, 6) is 3.74. The van der Waals surface area contributed by atoms with Crippen LogP contribution in [0.2, 0.25) is 0 Å². The van der Waals surface area contributed by atoms with Crippen LogP contribution in [0, 0.1) is 11.8 Å². The first-order valence-corrected chi connectivity index (χ1v) is 7.14. The van der Waals surface area contributed by atoms with Crippen LogP contribution in [-0.4, -0.2) is 16.2 Å². The van der Waals surface area contributed by atoms with Crippen LogP contribution in [0.15, 0.2) is 4.52 Å². The Morgan fingerprint density at radius 3 is 2.44 bits per heavy atom. The van der Waals surface area contributed by atoms with Crippen LogP contribution in [0.4, 0.5) is 0 Å².